The van der Waals surface area contributed by atoms with Crippen molar-refractivity contribution in [3.8, 4) is 5.75 Å². The molecule has 1 aromatic heterocycles. The molecule has 2 unspecified atom stereocenters. The summed E-state index contributed by atoms with van der Waals surface area (Å²) in [6.07, 6.45) is 10.5. The molecule has 2 atom stereocenters. The molecule has 2 fully saturated rings. The van der Waals surface area contributed by atoms with Crippen LogP contribution in [0.2, 0.25) is 0 Å². The lowest BCUT2D eigenvalue weighted by Gasteiger charge is -2.24. The van der Waals surface area contributed by atoms with Gasteiger partial charge in [0, 0.05) is 44.5 Å². The lowest BCUT2D eigenvalue weighted by Crippen LogP contribution is -2.27. The third kappa shape index (κ3) is 5.12. The Morgan fingerprint density at radius 1 is 1.06 bits per heavy atom. The molecule has 0 spiro atoms. The highest BCUT2D eigenvalue weighted by Crippen LogP contribution is 2.52. The average Bonchev–Trinajstić information content (AvgIpc) is 3.32. The van der Waals surface area contributed by atoms with Gasteiger partial charge in [-0.2, -0.15) is 0 Å². The van der Waals surface area contributed by atoms with E-state index in [-0.39, 0.29) is 0 Å². The average molecular weight is 453 g/mol. The van der Waals surface area contributed by atoms with Crippen LogP contribution >= 0.6 is 11.9 Å². The summed E-state index contributed by atoms with van der Waals surface area (Å²) in [6, 6.07) is 8.68. The molecule has 0 amide bonds. The van der Waals surface area contributed by atoms with Crippen molar-refractivity contribution in [2.45, 2.75) is 33.6 Å². The van der Waals surface area contributed by atoms with Crippen molar-refractivity contribution in [1.29, 1.82) is 0 Å². The Morgan fingerprint density at radius 3 is 2.31 bits per heavy atom. The number of piperidine rings is 1. The molecule has 3 heterocycles. The zero-order valence-corrected chi connectivity index (χ0v) is 20.6. The molecular formula is C26H36N4OS. The van der Waals surface area contributed by atoms with Gasteiger partial charge in [0.15, 0.2) is 0 Å². The molecule has 1 aromatic carbocycles. The molecular weight excluding hydrogens is 416 g/mol. The standard InChI is InChI=1S/C24H30N4OS.C2H6/c1-3-17-12-25-24(26-13-17)27-14-21-22(15-27)23(21)16-29-20-6-4-18(5-7-20)19-8-10-28(30-2)11-9-19;1-2/h4-8,12-13,21-23H,3,9-11,14-16H2,1-2H3;1-2H3. The van der Waals surface area contributed by atoms with Crippen LogP contribution in [0, 0.1) is 17.8 Å². The zero-order chi connectivity index (χ0) is 22.5. The maximum absolute atomic E-state index is 6.13. The monoisotopic (exact) mass is 452 g/mol. The van der Waals surface area contributed by atoms with Gasteiger partial charge in [0.05, 0.1) is 6.61 Å². The fraction of sp³-hybridized carbons (Fsp3) is 0.538. The van der Waals surface area contributed by atoms with E-state index in [2.05, 4.69) is 62.7 Å². The van der Waals surface area contributed by atoms with Gasteiger partial charge in [-0.05, 0) is 59.8 Å². The third-order valence-corrected chi connectivity index (χ3v) is 7.70. The molecule has 6 heteroatoms. The van der Waals surface area contributed by atoms with Crippen LogP contribution < -0.4 is 9.64 Å². The Bertz CT molecular complexity index is 887. The van der Waals surface area contributed by atoms with Gasteiger partial charge in [-0.1, -0.05) is 50.9 Å². The van der Waals surface area contributed by atoms with E-state index >= 15 is 0 Å². The van der Waals surface area contributed by atoms with Gasteiger partial charge in [0.1, 0.15) is 5.75 Å². The van der Waals surface area contributed by atoms with Crippen molar-refractivity contribution in [3.63, 3.8) is 0 Å². The number of fused-ring (bicyclic) bond motifs is 1. The van der Waals surface area contributed by atoms with Gasteiger partial charge < -0.3 is 9.64 Å². The minimum absolute atomic E-state index is 0.675. The van der Waals surface area contributed by atoms with Crippen molar-refractivity contribution in [2.75, 3.05) is 43.9 Å². The number of rotatable bonds is 7. The highest BCUT2D eigenvalue weighted by molar-refractivity contribution is 7.96. The number of benzene rings is 1. The first-order chi connectivity index (χ1) is 15.7. The first-order valence-corrected chi connectivity index (χ1v) is 13.2. The molecule has 1 aliphatic carbocycles. The van der Waals surface area contributed by atoms with Gasteiger partial charge in [0.25, 0.3) is 0 Å². The van der Waals surface area contributed by atoms with Crippen LogP contribution in [0.3, 0.4) is 0 Å². The Balaban J connectivity index is 0.00000119. The number of anilines is 1. The molecule has 1 saturated heterocycles. The molecule has 1 saturated carbocycles. The smallest absolute Gasteiger partial charge is 0.225 e. The molecule has 0 bridgehead atoms. The first-order valence-electron chi connectivity index (χ1n) is 12.0. The van der Waals surface area contributed by atoms with Gasteiger partial charge >= 0.3 is 0 Å². The van der Waals surface area contributed by atoms with Crippen LogP contribution in [0.25, 0.3) is 5.57 Å². The summed E-state index contributed by atoms with van der Waals surface area (Å²) in [7, 11) is 0. The second kappa shape index (κ2) is 10.7. The Kier molecular flexibility index (Phi) is 7.74. The Labute approximate surface area is 197 Å². The van der Waals surface area contributed by atoms with Crippen LogP contribution in [0.4, 0.5) is 5.95 Å². The van der Waals surface area contributed by atoms with E-state index in [0.29, 0.717) is 5.92 Å². The van der Waals surface area contributed by atoms with Crippen molar-refractivity contribution in [2.24, 2.45) is 17.8 Å². The lowest BCUT2D eigenvalue weighted by atomic mass is 10.0. The van der Waals surface area contributed by atoms with Gasteiger partial charge in [-0.15, -0.1) is 0 Å². The van der Waals surface area contributed by atoms with E-state index in [1.54, 1.807) is 0 Å². The number of ether oxygens (including phenoxy) is 1. The third-order valence-electron chi connectivity index (χ3n) is 6.85. The van der Waals surface area contributed by atoms with Crippen LogP contribution in [-0.4, -0.2) is 53.3 Å². The zero-order valence-electron chi connectivity index (χ0n) is 19.8. The molecule has 2 aliphatic heterocycles. The van der Waals surface area contributed by atoms with Gasteiger partial charge in [-0.25, -0.2) is 14.3 Å². The highest BCUT2D eigenvalue weighted by atomic mass is 32.2. The van der Waals surface area contributed by atoms with Crippen molar-refractivity contribution < 1.29 is 4.74 Å². The fourth-order valence-electron chi connectivity index (χ4n) is 4.79. The summed E-state index contributed by atoms with van der Waals surface area (Å²) < 4.78 is 8.52. The van der Waals surface area contributed by atoms with E-state index < -0.39 is 0 Å². The van der Waals surface area contributed by atoms with Crippen molar-refractivity contribution in [1.82, 2.24) is 14.3 Å². The van der Waals surface area contributed by atoms with E-state index in [1.165, 1.54) is 16.7 Å². The van der Waals surface area contributed by atoms with E-state index in [1.807, 2.05) is 38.2 Å². The van der Waals surface area contributed by atoms with Crippen molar-refractivity contribution >= 4 is 23.5 Å². The summed E-state index contributed by atoms with van der Waals surface area (Å²) in [4.78, 5) is 11.4. The number of aromatic nitrogens is 2. The summed E-state index contributed by atoms with van der Waals surface area (Å²) in [5.74, 6) is 4.00. The maximum Gasteiger partial charge on any atom is 0.225 e. The molecule has 172 valence electrons. The summed E-state index contributed by atoms with van der Waals surface area (Å²) in [6.45, 7) is 11.2. The molecule has 0 N–H and O–H groups in total. The SMILES string of the molecule is CC.CCc1cnc(N2CC3C(COc4ccc(C5=CCN(SC)CC5)cc4)C3C2)nc1. The summed E-state index contributed by atoms with van der Waals surface area (Å²) >= 11 is 1.83. The van der Waals surface area contributed by atoms with Crippen LogP contribution in [0.5, 0.6) is 5.75 Å². The fourth-order valence-corrected chi connectivity index (χ4v) is 5.29. The number of hydrogen-bond donors (Lipinski definition) is 0. The lowest BCUT2D eigenvalue weighted by molar-refractivity contribution is 0.283. The van der Waals surface area contributed by atoms with Gasteiger partial charge in [0.2, 0.25) is 5.95 Å². The molecule has 3 aliphatic rings. The van der Waals surface area contributed by atoms with E-state index in [9.17, 15) is 0 Å². The number of nitrogens with zero attached hydrogens (tertiary/aromatic N) is 4. The molecule has 5 nitrogen and oxygen atoms in total. The first kappa shape index (κ1) is 23.1. The van der Waals surface area contributed by atoms with E-state index in [4.69, 9.17) is 4.74 Å². The molecule has 2 aromatic rings. The number of hydrogen-bond acceptors (Lipinski definition) is 6. The van der Waals surface area contributed by atoms with E-state index in [0.717, 1.165) is 69.2 Å². The van der Waals surface area contributed by atoms with Gasteiger partial charge in [-0.3, -0.25) is 0 Å². The predicted octanol–water partition coefficient (Wildman–Crippen LogP) is 5.19. The highest BCUT2D eigenvalue weighted by Gasteiger charge is 2.56. The largest absolute Gasteiger partial charge is 0.493 e. The number of aryl methyl sites for hydroxylation is 1. The van der Waals surface area contributed by atoms with Crippen LogP contribution in [0.15, 0.2) is 42.7 Å². The Hall–Kier alpha value is -2.05. The van der Waals surface area contributed by atoms with Crippen molar-refractivity contribution in [3.05, 3.63) is 53.9 Å². The quantitative estimate of drug-likeness (QED) is 0.538. The maximum atomic E-state index is 6.13. The predicted molar refractivity (Wildman–Crippen MR) is 135 cm³/mol. The summed E-state index contributed by atoms with van der Waals surface area (Å²) in [5, 5.41) is 0. The molecule has 0 radical (unpaired) electrons. The normalized spacial score (nSPS) is 24.3. The second-order valence-corrected chi connectivity index (χ2v) is 9.41. The summed E-state index contributed by atoms with van der Waals surface area (Å²) in [5.41, 5.74) is 3.98. The van der Waals surface area contributed by atoms with Crippen LogP contribution in [0.1, 0.15) is 38.3 Å². The Morgan fingerprint density at radius 2 is 1.75 bits per heavy atom. The topological polar surface area (TPSA) is 41.5 Å². The molecule has 5 rings (SSSR count). The minimum Gasteiger partial charge on any atom is -0.493 e. The second-order valence-electron chi connectivity index (χ2n) is 8.53. The molecule has 32 heavy (non-hydrogen) atoms. The van der Waals surface area contributed by atoms with Crippen LogP contribution in [-0.2, 0) is 6.42 Å². The minimum atomic E-state index is 0.675.